The number of hydrogen-bond acceptors (Lipinski definition) is 5. The lowest BCUT2D eigenvalue weighted by Crippen LogP contribution is -2.49. The maximum absolute atomic E-state index is 11.0. The zero-order valence-corrected chi connectivity index (χ0v) is 10.7. The SMILES string of the molecule is NC(=O)C1CN(CCOCC2CCCO2)CCO1. The molecule has 2 unspecified atom stereocenters. The third-order valence-electron chi connectivity index (χ3n) is 3.35. The summed E-state index contributed by atoms with van der Waals surface area (Å²) in [7, 11) is 0. The Bertz CT molecular complexity index is 269. The van der Waals surface area contributed by atoms with E-state index in [0.29, 0.717) is 26.4 Å². The van der Waals surface area contributed by atoms with Gasteiger partial charge in [0.05, 0.1) is 25.9 Å². The molecule has 2 saturated heterocycles. The van der Waals surface area contributed by atoms with Crippen LogP contribution in [0, 0.1) is 0 Å². The Morgan fingerprint density at radius 2 is 2.28 bits per heavy atom. The molecular formula is C12H22N2O4. The number of nitrogens with two attached hydrogens (primary N) is 1. The van der Waals surface area contributed by atoms with Crippen molar-refractivity contribution in [2.24, 2.45) is 5.73 Å². The second kappa shape index (κ2) is 7.04. The van der Waals surface area contributed by atoms with Gasteiger partial charge in [-0.15, -0.1) is 0 Å². The molecule has 2 atom stereocenters. The van der Waals surface area contributed by atoms with Crippen molar-refractivity contribution in [2.75, 3.05) is 46.1 Å². The lowest BCUT2D eigenvalue weighted by atomic mass is 10.2. The molecule has 1 amide bonds. The fraction of sp³-hybridized carbons (Fsp3) is 0.917. The summed E-state index contributed by atoms with van der Waals surface area (Å²) >= 11 is 0. The van der Waals surface area contributed by atoms with E-state index in [0.717, 1.165) is 32.5 Å². The van der Waals surface area contributed by atoms with Gasteiger partial charge in [0.25, 0.3) is 0 Å². The van der Waals surface area contributed by atoms with E-state index >= 15 is 0 Å². The topological polar surface area (TPSA) is 74.0 Å². The Morgan fingerprint density at radius 3 is 3.00 bits per heavy atom. The van der Waals surface area contributed by atoms with Crippen LogP contribution in [0.15, 0.2) is 0 Å². The van der Waals surface area contributed by atoms with E-state index < -0.39 is 6.10 Å². The van der Waals surface area contributed by atoms with Gasteiger partial charge in [-0.05, 0) is 12.8 Å². The van der Waals surface area contributed by atoms with Crippen LogP contribution in [0.4, 0.5) is 0 Å². The monoisotopic (exact) mass is 258 g/mol. The molecular weight excluding hydrogens is 236 g/mol. The van der Waals surface area contributed by atoms with Crippen molar-refractivity contribution in [3.05, 3.63) is 0 Å². The van der Waals surface area contributed by atoms with Crippen LogP contribution in [0.5, 0.6) is 0 Å². The van der Waals surface area contributed by atoms with E-state index in [1.807, 2.05) is 0 Å². The predicted octanol–water partition coefficient (Wildman–Crippen LogP) is -0.632. The molecule has 2 aliphatic rings. The first kappa shape index (κ1) is 13.7. The van der Waals surface area contributed by atoms with Crippen LogP contribution in [0.25, 0.3) is 0 Å². The van der Waals surface area contributed by atoms with E-state index in [4.69, 9.17) is 19.9 Å². The van der Waals surface area contributed by atoms with Crippen molar-refractivity contribution in [1.82, 2.24) is 4.90 Å². The van der Waals surface area contributed by atoms with Gasteiger partial charge in [-0.1, -0.05) is 0 Å². The molecule has 6 nitrogen and oxygen atoms in total. The van der Waals surface area contributed by atoms with Gasteiger partial charge in [-0.3, -0.25) is 9.69 Å². The summed E-state index contributed by atoms with van der Waals surface area (Å²) in [6.45, 7) is 4.94. The van der Waals surface area contributed by atoms with Crippen LogP contribution in [0.1, 0.15) is 12.8 Å². The normalized spacial score (nSPS) is 29.6. The molecule has 104 valence electrons. The molecule has 2 N–H and O–H groups in total. The minimum atomic E-state index is -0.475. The predicted molar refractivity (Wildman–Crippen MR) is 65.2 cm³/mol. The Balaban J connectivity index is 1.56. The molecule has 0 bridgehead atoms. The molecule has 0 radical (unpaired) electrons. The zero-order valence-electron chi connectivity index (χ0n) is 10.7. The molecule has 2 heterocycles. The average Bonchev–Trinajstić information content (AvgIpc) is 2.88. The van der Waals surface area contributed by atoms with Crippen LogP contribution in [-0.4, -0.2) is 69.1 Å². The van der Waals surface area contributed by atoms with Gasteiger partial charge in [-0.2, -0.15) is 0 Å². The number of morpholine rings is 1. The fourth-order valence-electron chi connectivity index (χ4n) is 2.26. The minimum Gasteiger partial charge on any atom is -0.377 e. The number of primary amides is 1. The number of carbonyl (C=O) groups is 1. The van der Waals surface area contributed by atoms with Gasteiger partial charge in [0, 0.05) is 26.2 Å². The summed E-state index contributed by atoms with van der Waals surface area (Å²) in [6, 6.07) is 0. The molecule has 6 heteroatoms. The van der Waals surface area contributed by atoms with Crippen molar-refractivity contribution in [3.8, 4) is 0 Å². The quantitative estimate of drug-likeness (QED) is 0.642. The summed E-state index contributed by atoms with van der Waals surface area (Å²) < 4.78 is 16.3. The summed E-state index contributed by atoms with van der Waals surface area (Å²) in [6.07, 6.45) is 2.03. The van der Waals surface area contributed by atoms with Gasteiger partial charge < -0.3 is 19.9 Å². The van der Waals surface area contributed by atoms with Crippen LogP contribution in [0.2, 0.25) is 0 Å². The van der Waals surface area contributed by atoms with E-state index in [-0.39, 0.29) is 12.0 Å². The average molecular weight is 258 g/mol. The standard InChI is InChI=1S/C12H22N2O4/c13-12(15)11-8-14(4-7-18-11)3-6-16-9-10-2-1-5-17-10/h10-11H,1-9H2,(H2,13,15). The number of nitrogens with zero attached hydrogens (tertiary/aromatic N) is 1. The van der Waals surface area contributed by atoms with Gasteiger partial charge in [-0.25, -0.2) is 0 Å². The highest BCUT2D eigenvalue weighted by atomic mass is 16.5. The molecule has 0 aromatic rings. The molecule has 18 heavy (non-hydrogen) atoms. The van der Waals surface area contributed by atoms with Crippen molar-refractivity contribution in [3.63, 3.8) is 0 Å². The first-order chi connectivity index (χ1) is 8.75. The summed E-state index contributed by atoms with van der Waals surface area (Å²) in [5, 5.41) is 0. The first-order valence-corrected chi connectivity index (χ1v) is 6.58. The minimum absolute atomic E-state index is 0.271. The van der Waals surface area contributed by atoms with Crippen molar-refractivity contribution in [1.29, 1.82) is 0 Å². The third-order valence-corrected chi connectivity index (χ3v) is 3.35. The second-order valence-electron chi connectivity index (χ2n) is 4.77. The molecule has 0 aromatic heterocycles. The highest BCUT2D eigenvalue weighted by Crippen LogP contribution is 2.12. The lowest BCUT2D eigenvalue weighted by molar-refractivity contribution is -0.135. The maximum Gasteiger partial charge on any atom is 0.247 e. The van der Waals surface area contributed by atoms with Gasteiger partial charge >= 0.3 is 0 Å². The first-order valence-electron chi connectivity index (χ1n) is 6.58. The highest BCUT2D eigenvalue weighted by Gasteiger charge is 2.24. The van der Waals surface area contributed by atoms with Gasteiger partial charge in [0.1, 0.15) is 6.10 Å². The number of hydrogen-bond donors (Lipinski definition) is 1. The smallest absolute Gasteiger partial charge is 0.247 e. The number of rotatable bonds is 6. The molecule has 0 saturated carbocycles. The van der Waals surface area contributed by atoms with Crippen LogP contribution >= 0.6 is 0 Å². The summed E-state index contributed by atoms with van der Waals surface area (Å²) in [4.78, 5) is 13.2. The fourth-order valence-corrected chi connectivity index (χ4v) is 2.26. The molecule has 0 spiro atoms. The molecule has 0 aliphatic carbocycles. The maximum atomic E-state index is 11.0. The molecule has 0 aromatic carbocycles. The van der Waals surface area contributed by atoms with Crippen molar-refractivity contribution >= 4 is 5.91 Å². The number of amides is 1. The Morgan fingerprint density at radius 1 is 1.39 bits per heavy atom. The van der Waals surface area contributed by atoms with Crippen LogP contribution in [-0.2, 0) is 19.0 Å². The van der Waals surface area contributed by atoms with Crippen LogP contribution in [0.3, 0.4) is 0 Å². The second-order valence-corrected chi connectivity index (χ2v) is 4.77. The Hall–Kier alpha value is -0.690. The van der Waals surface area contributed by atoms with E-state index in [2.05, 4.69) is 4.90 Å². The Labute approximate surface area is 107 Å². The van der Waals surface area contributed by atoms with E-state index in [1.165, 1.54) is 0 Å². The third kappa shape index (κ3) is 4.20. The number of ether oxygens (including phenoxy) is 3. The van der Waals surface area contributed by atoms with Crippen LogP contribution < -0.4 is 5.73 Å². The van der Waals surface area contributed by atoms with Gasteiger partial charge in [0.15, 0.2) is 0 Å². The molecule has 2 aliphatic heterocycles. The van der Waals surface area contributed by atoms with E-state index in [1.54, 1.807) is 0 Å². The largest absolute Gasteiger partial charge is 0.377 e. The lowest BCUT2D eigenvalue weighted by Gasteiger charge is -2.31. The highest BCUT2D eigenvalue weighted by molar-refractivity contribution is 5.79. The summed E-state index contributed by atoms with van der Waals surface area (Å²) in [5.41, 5.74) is 5.23. The van der Waals surface area contributed by atoms with Gasteiger partial charge in [0.2, 0.25) is 5.91 Å². The van der Waals surface area contributed by atoms with Crippen molar-refractivity contribution in [2.45, 2.75) is 25.0 Å². The summed E-state index contributed by atoms with van der Waals surface area (Å²) in [5.74, 6) is -0.389. The van der Waals surface area contributed by atoms with Crippen molar-refractivity contribution < 1.29 is 19.0 Å². The molecule has 2 rings (SSSR count). The zero-order chi connectivity index (χ0) is 12.8. The molecule has 2 fully saturated rings. The number of carbonyl (C=O) groups excluding carboxylic acids is 1. The Kier molecular flexibility index (Phi) is 5.37. The van der Waals surface area contributed by atoms with E-state index in [9.17, 15) is 4.79 Å².